The fourth-order valence-electron chi connectivity index (χ4n) is 2.77. The number of para-hydroxylation sites is 2. The molecule has 0 fully saturated rings. The Hall–Kier alpha value is -3.06. The zero-order valence-corrected chi connectivity index (χ0v) is 16.4. The van der Waals surface area contributed by atoms with Gasteiger partial charge in [-0.05, 0) is 50.2 Å². The van der Waals surface area contributed by atoms with Crippen LogP contribution in [0.25, 0.3) is 11.3 Å². The number of fused-ring (bicyclic) bond motifs is 1. The lowest BCUT2D eigenvalue weighted by atomic mass is 10.2. The Balaban J connectivity index is 1.40. The lowest BCUT2D eigenvalue weighted by Gasteiger charge is -2.25. The Morgan fingerprint density at radius 1 is 1.18 bits per heavy atom. The van der Waals surface area contributed by atoms with Crippen LogP contribution in [0.3, 0.4) is 0 Å². The van der Waals surface area contributed by atoms with E-state index in [2.05, 4.69) is 10.3 Å². The quantitative estimate of drug-likeness (QED) is 0.693. The first-order valence-electron chi connectivity index (χ1n) is 9.00. The summed E-state index contributed by atoms with van der Waals surface area (Å²) in [5.41, 5.74) is 1.75. The zero-order valence-electron chi connectivity index (χ0n) is 15.5. The number of rotatable bonds is 5. The van der Waals surface area contributed by atoms with Gasteiger partial charge in [0.2, 0.25) is 6.10 Å². The average molecular weight is 396 g/mol. The van der Waals surface area contributed by atoms with E-state index in [0.717, 1.165) is 17.0 Å². The Bertz CT molecular complexity index is 969. The molecule has 1 N–H and O–H groups in total. The first-order valence-corrected chi connectivity index (χ1v) is 9.88. The predicted molar refractivity (Wildman–Crippen MR) is 108 cm³/mol. The van der Waals surface area contributed by atoms with Crippen molar-refractivity contribution >= 4 is 22.4 Å². The molecule has 1 aliphatic rings. The van der Waals surface area contributed by atoms with Crippen LogP contribution in [-0.2, 0) is 4.79 Å². The summed E-state index contributed by atoms with van der Waals surface area (Å²) in [5.74, 6) is 1.75. The molecule has 0 radical (unpaired) electrons. The molecule has 0 saturated heterocycles. The second-order valence-electron chi connectivity index (χ2n) is 6.58. The number of anilines is 1. The van der Waals surface area contributed by atoms with Crippen LogP contribution < -0.4 is 19.5 Å². The fourth-order valence-corrected chi connectivity index (χ4v) is 3.50. The number of hydrogen-bond donors (Lipinski definition) is 1. The van der Waals surface area contributed by atoms with Gasteiger partial charge in [-0.15, -0.1) is 11.3 Å². The molecule has 2 heterocycles. The van der Waals surface area contributed by atoms with Crippen LogP contribution in [-0.4, -0.2) is 29.7 Å². The summed E-state index contributed by atoms with van der Waals surface area (Å²) in [6.07, 6.45) is -0.584. The third-order valence-electron chi connectivity index (χ3n) is 4.06. The molecule has 2 aromatic carbocycles. The highest BCUT2D eigenvalue weighted by atomic mass is 32.1. The van der Waals surface area contributed by atoms with Gasteiger partial charge in [-0.3, -0.25) is 10.1 Å². The van der Waals surface area contributed by atoms with Gasteiger partial charge in [0, 0.05) is 10.9 Å². The minimum atomic E-state index is -0.713. The van der Waals surface area contributed by atoms with Crippen molar-refractivity contribution in [3.8, 4) is 28.5 Å². The molecule has 0 aliphatic carbocycles. The summed E-state index contributed by atoms with van der Waals surface area (Å²) in [4.78, 5) is 17.0. The summed E-state index contributed by atoms with van der Waals surface area (Å²) in [5, 5.41) is 5.23. The number of nitrogens with zero attached hydrogens (tertiary/aromatic N) is 1. The monoisotopic (exact) mass is 396 g/mol. The molecule has 0 saturated carbocycles. The number of benzene rings is 2. The maximum absolute atomic E-state index is 12.5. The molecule has 7 heteroatoms. The van der Waals surface area contributed by atoms with Gasteiger partial charge in [-0.25, -0.2) is 4.98 Å². The van der Waals surface area contributed by atoms with Gasteiger partial charge in [-0.1, -0.05) is 12.1 Å². The summed E-state index contributed by atoms with van der Waals surface area (Å²) in [6.45, 7) is 4.14. The van der Waals surface area contributed by atoms with E-state index >= 15 is 0 Å². The Labute approximate surface area is 167 Å². The second-order valence-corrected chi connectivity index (χ2v) is 7.44. The molecule has 1 aliphatic heterocycles. The van der Waals surface area contributed by atoms with Gasteiger partial charge < -0.3 is 14.2 Å². The molecule has 4 rings (SSSR count). The summed E-state index contributed by atoms with van der Waals surface area (Å²) >= 11 is 1.37. The molecular weight excluding hydrogens is 376 g/mol. The van der Waals surface area contributed by atoms with Crippen LogP contribution in [0.1, 0.15) is 13.8 Å². The van der Waals surface area contributed by atoms with Crippen LogP contribution >= 0.6 is 11.3 Å². The SMILES string of the molecule is CC(C)Oc1ccc(-c2csc(NC(=O)C3COc4ccccc4O3)n2)cc1. The second kappa shape index (κ2) is 7.90. The molecule has 28 heavy (non-hydrogen) atoms. The van der Waals surface area contributed by atoms with Gasteiger partial charge in [-0.2, -0.15) is 0 Å². The predicted octanol–water partition coefficient (Wildman–Crippen LogP) is 4.38. The van der Waals surface area contributed by atoms with Crippen LogP contribution in [0, 0.1) is 0 Å². The van der Waals surface area contributed by atoms with Gasteiger partial charge in [0.1, 0.15) is 12.4 Å². The number of carbonyl (C=O) groups is 1. The maximum atomic E-state index is 12.5. The van der Waals surface area contributed by atoms with E-state index in [1.165, 1.54) is 11.3 Å². The summed E-state index contributed by atoms with van der Waals surface area (Å²) in [7, 11) is 0. The summed E-state index contributed by atoms with van der Waals surface area (Å²) in [6, 6.07) is 15.0. The highest BCUT2D eigenvalue weighted by molar-refractivity contribution is 7.14. The third kappa shape index (κ3) is 4.09. The molecule has 0 spiro atoms. The van der Waals surface area contributed by atoms with Gasteiger partial charge in [0.05, 0.1) is 11.8 Å². The number of ether oxygens (including phenoxy) is 3. The molecule has 1 atom stereocenters. The highest BCUT2D eigenvalue weighted by Crippen LogP contribution is 2.31. The Kier molecular flexibility index (Phi) is 5.16. The van der Waals surface area contributed by atoms with E-state index in [9.17, 15) is 4.79 Å². The van der Waals surface area contributed by atoms with Crippen LogP contribution in [0.5, 0.6) is 17.2 Å². The first-order chi connectivity index (χ1) is 13.6. The molecule has 0 bridgehead atoms. The van der Waals surface area contributed by atoms with Gasteiger partial charge >= 0.3 is 0 Å². The standard InChI is InChI=1S/C21H20N2O4S/c1-13(2)26-15-9-7-14(8-10-15)16-12-28-21(22-16)23-20(24)19-11-25-17-5-3-4-6-18(17)27-19/h3-10,12-13,19H,11H2,1-2H3,(H,22,23,24). The molecule has 1 aromatic heterocycles. The van der Waals surface area contributed by atoms with Crippen molar-refractivity contribution in [3.63, 3.8) is 0 Å². The fraction of sp³-hybridized carbons (Fsp3) is 0.238. The van der Waals surface area contributed by atoms with E-state index in [1.54, 1.807) is 6.07 Å². The lowest BCUT2D eigenvalue weighted by Crippen LogP contribution is -2.40. The smallest absolute Gasteiger partial charge is 0.270 e. The van der Waals surface area contributed by atoms with Crippen molar-refractivity contribution in [1.29, 1.82) is 0 Å². The molecule has 144 valence electrons. The number of hydrogen-bond acceptors (Lipinski definition) is 6. The summed E-state index contributed by atoms with van der Waals surface area (Å²) < 4.78 is 17.0. The molecule has 3 aromatic rings. The van der Waals surface area contributed by atoms with Crippen LogP contribution in [0.15, 0.2) is 53.9 Å². The topological polar surface area (TPSA) is 69.7 Å². The molecule has 1 unspecified atom stereocenters. The lowest BCUT2D eigenvalue weighted by molar-refractivity contribution is -0.125. The van der Waals surface area contributed by atoms with Crippen molar-refractivity contribution in [2.75, 3.05) is 11.9 Å². The van der Waals surface area contributed by atoms with Crippen LogP contribution in [0.4, 0.5) is 5.13 Å². The number of aromatic nitrogens is 1. The van der Waals surface area contributed by atoms with Crippen molar-refractivity contribution in [3.05, 3.63) is 53.9 Å². The van der Waals surface area contributed by atoms with Crippen molar-refractivity contribution < 1.29 is 19.0 Å². The van der Waals surface area contributed by atoms with E-state index in [4.69, 9.17) is 14.2 Å². The highest BCUT2D eigenvalue weighted by Gasteiger charge is 2.27. The van der Waals surface area contributed by atoms with Crippen molar-refractivity contribution in [2.24, 2.45) is 0 Å². The third-order valence-corrected chi connectivity index (χ3v) is 4.81. The van der Waals surface area contributed by atoms with Gasteiger partial charge in [0.25, 0.3) is 5.91 Å². The molecule has 6 nitrogen and oxygen atoms in total. The van der Waals surface area contributed by atoms with Crippen molar-refractivity contribution in [2.45, 2.75) is 26.1 Å². The minimum Gasteiger partial charge on any atom is -0.491 e. The largest absolute Gasteiger partial charge is 0.491 e. The Morgan fingerprint density at radius 3 is 2.68 bits per heavy atom. The minimum absolute atomic E-state index is 0.130. The van der Waals surface area contributed by atoms with Crippen molar-refractivity contribution in [1.82, 2.24) is 4.98 Å². The molecule has 1 amide bonds. The molecular formula is C21H20N2O4S. The first kappa shape index (κ1) is 18.3. The maximum Gasteiger partial charge on any atom is 0.270 e. The number of thiazole rings is 1. The normalized spacial score (nSPS) is 15.3. The number of carbonyl (C=O) groups excluding carboxylic acids is 1. The van der Waals surface area contributed by atoms with Crippen LogP contribution in [0.2, 0.25) is 0 Å². The zero-order chi connectivity index (χ0) is 19.5. The number of nitrogens with one attached hydrogen (secondary N) is 1. The van der Waals surface area contributed by atoms with E-state index < -0.39 is 6.10 Å². The number of amides is 1. The average Bonchev–Trinajstić information content (AvgIpc) is 3.16. The van der Waals surface area contributed by atoms with Gasteiger partial charge in [0.15, 0.2) is 16.6 Å². The van der Waals surface area contributed by atoms with E-state index in [0.29, 0.717) is 16.6 Å². The van der Waals surface area contributed by atoms with E-state index in [1.807, 2.05) is 61.7 Å². The Morgan fingerprint density at radius 2 is 1.93 bits per heavy atom. The van der Waals surface area contributed by atoms with E-state index in [-0.39, 0.29) is 18.6 Å².